The Kier molecular flexibility index (Phi) is 3.46. The maximum Gasteiger partial charge on any atom is 0.111 e. The van der Waals surface area contributed by atoms with Crippen molar-refractivity contribution in [1.82, 2.24) is 24.1 Å². The zero-order chi connectivity index (χ0) is 13.1. The zero-order valence-electron chi connectivity index (χ0n) is 10.4. The minimum Gasteiger partial charge on any atom is -0.336 e. The van der Waals surface area contributed by atoms with E-state index in [2.05, 4.69) is 24.1 Å². The van der Waals surface area contributed by atoms with Gasteiger partial charge >= 0.3 is 0 Å². The molecule has 6 heteroatoms. The molecule has 3 rings (SSSR count). The van der Waals surface area contributed by atoms with E-state index in [1.807, 2.05) is 18.6 Å². The summed E-state index contributed by atoms with van der Waals surface area (Å²) >= 11 is 5.85. The summed E-state index contributed by atoms with van der Waals surface area (Å²) in [7, 11) is 0. The second kappa shape index (κ2) is 5.40. The molecule has 5 nitrogen and oxygen atoms in total. The third-order valence-corrected chi connectivity index (χ3v) is 3.28. The fraction of sp³-hybridized carbons (Fsp3) is 0.308. The van der Waals surface area contributed by atoms with Crippen LogP contribution in [-0.4, -0.2) is 30.0 Å². The van der Waals surface area contributed by atoms with E-state index in [0.29, 0.717) is 5.88 Å². The molecule has 3 aromatic rings. The van der Waals surface area contributed by atoms with Crippen LogP contribution in [0.3, 0.4) is 0 Å². The lowest BCUT2D eigenvalue weighted by molar-refractivity contribution is 0.572. The second-order valence-electron chi connectivity index (χ2n) is 4.28. The number of halogens is 1. The summed E-state index contributed by atoms with van der Waals surface area (Å²) < 4.78 is 4.26. The van der Waals surface area contributed by atoms with Crippen LogP contribution in [0, 0.1) is 0 Å². The quantitative estimate of drug-likeness (QED) is 0.670. The molecule has 0 fully saturated rings. The van der Waals surface area contributed by atoms with Crippen LogP contribution in [0.1, 0.15) is 5.82 Å². The Bertz CT molecular complexity index is 659. The fourth-order valence-electron chi connectivity index (χ4n) is 2.19. The van der Waals surface area contributed by atoms with Crippen LogP contribution >= 0.6 is 11.6 Å². The van der Waals surface area contributed by atoms with Crippen LogP contribution < -0.4 is 0 Å². The smallest absolute Gasteiger partial charge is 0.111 e. The number of imidazole rings is 2. The van der Waals surface area contributed by atoms with E-state index in [1.54, 1.807) is 18.6 Å². The fourth-order valence-corrected chi connectivity index (χ4v) is 2.36. The first-order valence-corrected chi connectivity index (χ1v) is 6.73. The van der Waals surface area contributed by atoms with E-state index in [-0.39, 0.29) is 0 Å². The highest BCUT2D eigenvalue weighted by atomic mass is 35.5. The predicted molar refractivity (Wildman–Crippen MR) is 74.2 cm³/mol. The third kappa shape index (κ3) is 2.46. The van der Waals surface area contributed by atoms with Crippen LogP contribution in [0.25, 0.3) is 11.0 Å². The third-order valence-electron chi connectivity index (χ3n) is 3.09. The maximum absolute atomic E-state index is 5.85. The van der Waals surface area contributed by atoms with Gasteiger partial charge in [-0.25, -0.2) is 9.97 Å². The van der Waals surface area contributed by atoms with Gasteiger partial charge in [-0.3, -0.25) is 4.98 Å². The van der Waals surface area contributed by atoms with E-state index >= 15 is 0 Å². The number of fused-ring (bicyclic) bond motifs is 1. The lowest BCUT2D eigenvalue weighted by Crippen LogP contribution is -2.09. The summed E-state index contributed by atoms with van der Waals surface area (Å²) in [5, 5.41) is 0. The zero-order valence-corrected chi connectivity index (χ0v) is 11.2. The number of hydrogen-bond donors (Lipinski definition) is 0. The molecule has 0 atom stereocenters. The van der Waals surface area contributed by atoms with Gasteiger partial charge in [0.15, 0.2) is 0 Å². The topological polar surface area (TPSA) is 48.5 Å². The number of aromatic nitrogens is 5. The molecule has 0 spiro atoms. The Morgan fingerprint density at radius 2 is 2.11 bits per heavy atom. The molecule has 0 bridgehead atoms. The molecule has 0 N–H and O–H groups in total. The van der Waals surface area contributed by atoms with E-state index in [9.17, 15) is 0 Å². The molecule has 0 aliphatic heterocycles. The first kappa shape index (κ1) is 12.2. The van der Waals surface area contributed by atoms with Gasteiger partial charge in [0.05, 0.1) is 18.0 Å². The van der Waals surface area contributed by atoms with E-state index < -0.39 is 0 Å². The van der Waals surface area contributed by atoms with Crippen LogP contribution in [0.5, 0.6) is 0 Å². The molecule has 0 aromatic carbocycles. The summed E-state index contributed by atoms with van der Waals surface area (Å²) in [6.07, 6.45) is 9.92. The van der Waals surface area contributed by atoms with E-state index in [4.69, 9.17) is 11.6 Å². The monoisotopic (exact) mass is 275 g/mol. The average Bonchev–Trinajstić information content (AvgIpc) is 3.04. The van der Waals surface area contributed by atoms with Crippen molar-refractivity contribution in [2.45, 2.75) is 19.5 Å². The molecule has 19 heavy (non-hydrogen) atoms. The Morgan fingerprint density at radius 3 is 2.89 bits per heavy atom. The number of aryl methyl sites for hydroxylation is 3. The molecule has 0 radical (unpaired) electrons. The van der Waals surface area contributed by atoms with Crippen LogP contribution in [-0.2, 0) is 19.5 Å². The first-order valence-electron chi connectivity index (χ1n) is 6.19. The lowest BCUT2D eigenvalue weighted by Gasteiger charge is -2.08. The van der Waals surface area contributed by atoms with Gasteiger partial charge < -0.3 is 9.13 Å². The van der Waals surface area contributed by atoms with Crippen molar-refractivity contribution in [3.8, 4) is 0 Å². The Labute approximate surface area is 115 Å². The average molecular weight is 276 g/mol. The number of nitrogens with zero attached hydrogens (tertiary/aromatic N) is 5. The van der Waals surface area contributed by atoms with Crippen molar-refractivity contribution in [3.05, 3.63) is 43.0 Å². The lowest BCUT2D eigenvalue weighted by atomic mass is 10.4. The van der Waals surface area contributed by atoms with Crippen molar-refractivity contribution in [1.29, 1.82) is 0 Å². The molecule has 0 unspecified atom stereocenters. The molecule has 0 aliphatic carbocycles. The maximum atomic E-state index is 5.85. The summed E-state index contributed by atoms with van der Waals surface area (Å²) in [6.45, 7) is 1.71. The largest absolute Gasteiger partial charge is 0.336 e. The standard InChI is InChI=1S/C13H14ClN5/c14-3-1-13-17-11-9-15-4-2-12(11)19(13)8-7-18-6-5-16-10-18/h2,4-6,9-10H,1,3,7-8H2. The van der Waals surface area contributed by atoms with Gasteiger partial charge in [-0.1, -0.05) is 0 Å². The van der Waals surface area contributed by atoms with Gasteiger partial charge in [0, 0.05) is 44.0 Å². The van der Waals surface area contributed by atoms with Gasteiger partial charge in [-0.2, -0.15) is 0 Å². The molecular formula is C13H14ClN5. The number of rotatable bonds is 5. The highest BCUT2D eigenvalue weighted by Gasteiger charge is 2.09. The number of hydrogen-bond acceptors (Lipinski definition) is 3. The summed E-state index contributed by atoms with van der Waals surface area (Å²) in [5.74, 6) is 1.58. The predicted octanol–water partition coefficient (Wildman–Crippen LogP) is 2.11. The molecule has 98 valence electrons. The number of alkyl halides is 1. The van der Waals surface area contributed by atoms with E-state index in [1.165, 1.54) is 0 Å². The number of pyridine rings is 1. The van der Waals surface area contributed by atoms with Crippen LogP contribution in [0.15, 0.2) is 37.2 Å². The molecule has 3 heterocycles. The Morgan fingerprint density at radius 1 is 1.16 bits per heavy atom. The van der Waals surface area contributed by atoms with Gasteiger partial charge in [-0.05, 0) is 6.07 Å². The second-order valence-corrected chi connectivity index (χ2v) is 4.66. The summed E-state index contributed by atoms with van der Waals surface area (Å²) in [5.41, 5.74) is 2.03. The molecule has 0 saturated heterocycles. The molecule has 0 amide bonds. The summed E-state index contributed by atoms with van der Waals surface area (Å²) in [4.78, 5) is 12.8. The van der Waals surface area contributed by atoms with Crippen molar-refractivity contribution in [2.75, 3.05) is 5.88 Å². The van der Waals surface area contributed by atoms with Gasteiger partial charge in [-0.15, -0.1) is 11.6 Å². The summed E-state index contributed by atoms with van der Waals surface area (Å²) in [6, 6.07) is 1.99. The van der Waals surface area contributed by atoms with Crippen LogP contribution in [0.2, 0.25) is 0 Å². The van der Waals surface area contributed by atoms with Gasteiger partial charge in [0.25, 0.3) is 0 Å². The van der Waals surface area contributed by atoms with Crippen LogP contribution in [0.4, 0.5) is 0 Å². The molecule has 0 aliphatic rings. The Balaban J connectivity index is 1.92. The highest BCUT2D eigenvalue weighted by molar-refractivity contribution is 6.17. The van der Waals surface area contributed by atoms with Crippen molar-refractivity contribution >= 4 is 22.6 Å². The van der Waals surface area contributed by atoms with Crippen molar-refractivity contribution < 1.29 is 0 Å². The molecular weight excluding hydrogens is 262 g/mol. The minimum atomic E-state index is 0.571. The van der Waals surface area contributed by atoms with Gasteiger partial charge in [0.1, 0.15) is 11.3 Å². The Hall–Kier alpha value is -1.88. The molecule has 0 saturated carbocycles. The van der Waals surface area contributed by atoms with Gasteiger partial charge in [0.2, 0.25) is 0 Å². The van der Waals surface area contributed by atoms with Crippen molar-refractivity contribution in [3.63, 3.8) is 0 Å². The molecule has 3 aromatic heterocycles. The van der Waals surface area contributed by atoms with Crippen molar-refractivity contribution in [2.24, 2.45) is 0 Å². The highest BCUT2D eigenvalue weighted by Crippen LogP contribution is 2.16. The SMILES string of the molecule is ClCCc1nc2cnccc2n1CCn1ccnc1. The minimum absolute atomic E-state index is 0.571. The van der Waals surface area contributed by atoms with E-state index in [0.717, 1.165) is 36.4 Å². The first-order chi connectivity index (χ1) is 9.38. The normalized spacial score (nSPS) is 11.2.